The van der Waals surface area contributed by atoms with E-state index in [2.05, 4.69) is 19.2 Å². The number of nitrogens with one attached hydrogen (secondary N) is 1. The molecule has 0 aliphatic carbocycles. The summed E-state index contributed by atoms with van der Waals surface area (Å²) >= 11 is 0. The highest BCUT2D eigenvalue weighted by Crippen LogP contribution is 2.14. The molecule has 0 bridgehead atoms. The topological polar surface area (TPSA) is 64.6 Å². The van der Waals surface area contributed by atoms with Crippen molar-refractivity contribution in [2.24, 2.45) is 5.92 Å². The van der Waals surface area contributed by atoms with Gasteiger partial charge in [0, 0.05) is 6.54 Å². The molecule has 0 saturated heterocycles. The van der Waals surface area contributed by atoms with Crippen molar-refractivity contribution in [3.63, 3.8) is 0 Å². The van der Waals surface area contributed by atoms with E-state index in [9.17, 15) is 9.59 Å². The minimum Gasteiger partial charge on any atom is -0.493 e. The Balaban J connectivity index is 2.56. The summed E-state index contributed by atoms with van der Waals surface area (Å²) in [5, 5.41) is 2.60. The van der Waals surface area contributed by atoms with Crippen LogP contribution < -0.4 is 10.1 Å². The Bertz CT molecular complexity index is 468. The van der Waals surface area contributed by atoms with Crippen molar-refractivity contribution in [1.82, 2.24) is 5.32 Å². The molecule has 1 rings (SSSR count). The number of benzene rings is 1. The molecule has 0 saturated carbocycles. The summed E-state index contributed by atoms with van der Waals surface area (Å²) in [6, 6.07) is 6.69. The molecular weight excluding hydrogens is 270 g/mol. The van der Waals surface area contributed by atoms with Gasteiger partial charge in [0.05, 0.1) is 12.2 Å². The first-order valence-corrected chi connectivity index (χ1v) is 7.15. The van der Waals surface area contributed by atoms with Crippen LogP contribution in [0.15, 0.2) is 24.3 Å². The van der Waals surface area contributed by atoms with Gasteiger partial charge in [0.25, 0.3) is 5.91 Å². The van der Waals surface area contributed by atoms with Crippen molar-refractivity contribution in [2.45, 2.75) is 33.8 Å². The lowest BCUT2D eigenvalue weighted by atomic mass is 10.2. The third-order valence-corrected chi connectivity index (χ3v) is 2.68. The smallest absolute Gasteiger partial charge is 0.338 e. The highest BCUT2D eigenvalue weighted by atomic mass is 16.5. The number of hydrogen-bond acceptors (Lipinski definition) is 4. The third-order valence-electron chi connectivity index (χ3n) is 2.68. The standard InChI is InChI=1S/C16H23NO4/c1-5-17-15(18)12(4)21-16(19)13-6-8-14(9-7-13)20-10-11(2)3/h6-9,11-12H,5,10H2,1-4H3,(H,17,18)/t12-/m0/s1. The summed E-state index contributed by atoms with van der Waals surface area (Å²) in [7, 11) is 0. The van der Waals surface area contributed by atoms with Gasteiger partial charge in [0.1, 0.15) is 5.75 Å². The maximum absolute atomic E-state index is 11.9. The maximum Gasteiger partial charge on any atom is 0.338 e. The fourth-order valence-corrected chi connectivity index (χ4v) is 1.55. The van der Waals surface area contributed by atoms with Gasteiger partial charge < -0.3 is 14.8 Å². The molecule has 0 aliphatic heterocycles. The third kappa shape index (κ3) is 5.85. The lowest BCUT2D eigenvalue weighted by Crippen LogP contribution is -2.35. The second-order valence-electron chi connectivity index (χ2n) is 5.17. The second-order valence-corrected chi connectivity index (χ2v) is 5.17. The molecule has 1 aromatic rings. The number of carbonyl (C=O) groups is 2. The maximum atomic E-state index is 11.9. The summed E-state index contributed by atoms with van der Waals surface area (Å²) in [4.78, 5) is 23.4. The number of hydrogen-bond donors (Lipinski definition) is 1. The molecule has 0 radical (unpaired) electrons. The van der Waals surface area contributed by atoms with Crippen LogP contribution in [0.1, 0.15) is 38.1 Å². The molecule has 116 valence electrons. The van der Waals surface area contributed by atoms with Gasteiger partial charge in [-0.05, 0) is 44.0 Å². The van der Waals surface area contributed by atoms with Crippen LogP contribution in [0.4, 0.5) is 0 Å². The number of carbonyl (C=O) groups excluding carboxylic acids is 2. The minimum atomic E-state index is -0.811. The first-order valence-electron chi connectivity index (χ1n) is 7.15. The van der Waals surface area contributed by atoms with Crippen molar-refractivity contribution >= 4 is 11.9 Å². The van der Waals surface area contributed by atoms with E-state index in [1.165, 1.54) is 0 Å². The predicted molar refractivity (Wildman–Crippen MR) is 80.3 cm³/mol. The quantitative estimate of drug-likeness (QED) is 0.784. The van der Waals surface area contributed by atoms with Gasteiger partial charge in [-0.15, -0.1) is 0 Å². The second kappa shape index (κ2) is 8.29. The largest absolute Gasteiger partial charge is 0.493 e. The monoisotopic (exact) mass is 293 g/mol. The average Bonchev–Trinajstić information content (AvgIpc) is 2.45. The van der Waals surface area contributed by atoms with Gasteiger partial charge in [-0.3, -0.25) is 4.79 Å². The van der Waals surface area contributed by atoms with Crippen molar-refractivity contribution in [3.8, 4) is 5.75 Å². The minimum absolute atomic E-state index is 0.303. The molecule has 1 N–H and O–H groups in total. The highest BCUT2D eigenvalue weighted by molar-refractivity contribution is 5.92. The fourth-order valence-electron chi connectivity index (χ4n) is 1.55. The molecule has 21 heavy (non-hydrogen) atoms. The Kier molecular flexibility index (Phi) is 6.72. The van der Waals surface area contributed by atoms with Crippen molar-refractivity contribution in [2.75, 3.05) is 13.2 Å². The van der Waals surface area contributed by atoms with Crippen LogP contribution in [-0.2, 0) is 9.53 Å². The van der Waals surface area contributed by atoms with Crippen LogP contribution in [0.3, 0.4) is 0 Å². The molecule has 0 aliphatic rings. The summed E-state index contributed by atoms with van der Waals surface area (Å²) < 4.78 is 10.6. The van der Waals surface area contributed by atoms with Gasteiger partial charge in [0.2, 0.25) is 0 Å². The lowest BCUT2D eigenvalue weighted by Gasteiger charge is -2.13. The first kappa shape index (κ1) is 17.0. The van der Waals surface area contributed by atoms with Crippen molar-refractivity contribution < 1.29 is 19.1 Å². The molecular formula is C16H23NO4. The highest BCUT2D eigenvalue weighted by Gasteiger charge is 2.18. The van der Waals surface area contributed by atoms with Crippen molar-refractivity contribution in [3.05, 3.63) is 29.8 Å². The number of rotatable bonds is 7. The first-order chi connectivity index (χ1) is 9.93. The van der Waals surface area contributed by atoms with E-state index in [1.54, 1.807) is 31.2 Å². The molecule has 5 heteroatoms. The number of ether oxygens (including phenoxy) is 2. The summed E-state index contributed by atoms with van der Waals surface area (Å²) in [5.41, 5.74) is 0.392. The molecule has 5 nitrogen and oxygen atoms in total. The molecule has 1 aromatic carbocycles. The molecule has 0 unspecified atom stereocenters. The summed E-state index contributed by atoms with van der Waals surface area (Å²) in [6.45, 7) is 8.61. The Morgan fingerprint density at radius 3 is 2.29 bits per heavy atom. The van der Waals surface area contributed by atoms with Gasteiger partial charge in [0.15, 0.2) is 6.10 Å². The molecule has 1 atom stereocenters. The van der Waals surface area contributed by atoms with Gasteiger partial charge >= 0.3 is 5.97 Å². The van der Waals surface area contributed by atoms with E-state index in [0.717, 1.165) is 0 Å². The van der Waals surface area contributed by atoms with Crippen LogP contribution in [0, 0.1) is 5.92 Å². The zero-order chi connectivity index (χ0) is 15.8. The molecule has 1 amide bonds. The molecule has 0 fully saturated rings. The van der Waals surface area contributed by atoms with E-state index >= 15 is 0 Å². The van der Waals surface area contributed by atoms with Crippen LogP contribution in [0.25, 0.3) is 0 Å². The zero-order valence-electron chi connectivity index (χ0n) is 13.0. The average molecular weight is 293 g/mol. The SMILES string of the molecule is CCNC(=O)[C@H](C)OC(=O)c1ccc(OCC(C)C)cc1. The molecule has 0 heterocycles. The van der Waals surface area contributed by atoms with Gasteiger partial charge in [-0.1, -0.05) is 13.8 Å². The normalized spacial score (nSPS) is 11.9. The Labute approximate surface area is 125 Å². The van der Waals surface area contributed by atoms with Crippen LogP contribution in [0.5, 0.6) is 5.75 Å². The van der Waals surface area contributed by atoms with Crippen LogP contribution in [0.2, 0.25) is 0 Å². The lowest BCUT2D eigenvalue weighted by molar-refractivity contribution is -0.128. The van der Waals surface area contributed by atoms with Crippen molar-refractivity contribution in [1.29, 1.82) is 0 Å². The molecule has 0 spiro atoms. The van der Waals surface area contributed by atoms with Crippen LogP contribution in [-0.4, -0.2) is 31.1 Å². The Morgan fingerprint density at radius 1 is 1.14 bits per heavy atom. The fraction of sp³-hybridized carbons (Fsp3) is 0.500. The van der Waals surface area contributed by atoms with E-state index < -0.39 is 12.1 Å². The summed E-state index contributed by atoms with van der Waals surface area (Å²) in [5.74, 6) is 0.316. The Hall–Kier alpha value is -2.04. The molecule has 0 aromatic heterocycles. The Morgan fingerprint density at radius 2 is 1.76 bits per heavy atom. The van der Waals surface area contributed by atoms with E-state index in [0.29, 0.717) is 30.4 Å². The summed E-state index contributed by atoms with van der Waals surface area (Å²) in [6.07, 6.45) is -0.811. The van der Waals surface area contributed by atoms with Gasteiger partial charge in [-0.2, -0.15) is 0 Å². The van der Waals surface area contributed by atoms with Crippen LogP contribution >= 0.6 is 0 Å². The number of likely N-dealkylation sites (N-methyl/N-ethyl adjacent to an activating group) is 1. The predicted octanol–water partition coefficient (Wildman–Crippen LogP) is 2.40. The van der Waals surface area contributed by atoms with Gasteiger partial charge in [-0.25, -0.2) is 4.79 Å². The van der Waals surface area contributed by atoms with E-state index in [1.807, 2.05) is 6.92 Å². The van der Waals surface area contributed by atoms with E-state index in [-0.39, 0.29) is 5.91 Å². The zero-order valence-corrected chi connectivity index (χ0v) is 13.0. The van der Waals surface area contributed by atoms with E-state index in [4.69, 9.17) is 9.47 Å². The number of amides is 1. The number of esters is 1.